The second-order valence-corrected chi connectivity index (χ2v) is 5.31. The number of hydrogen-bond donors (Lipinski definition) is 2. The average Bonchev–Trinajstić information content (AvgIpc) is 2.40. The smallest absolute Gasteiger partial charge is 0.223 e. The summed E-state index contributed by atoms with van der Waals surface area (Å²) in [7, 11) is 0. The molecule has 1 aromatic rings. The zero-order valence-corrected chi connectivity index (χ0v) is 11.2. The van der Waals surface area contributed by atoms with Gasteiger partial charge in [0.1, 0.15) is 5.82 Å². The molecule has 1 aliphatic rings. The van der Waals surface area contributed by atoms with E-state index in [2.05, 4.69) is 5.32 Å². The number of amides is 1. The van der Waals surface area contributed by atoms with Crippen molar-refractivity contribution in [1.29, 1.82) is 0 Å². The minimum Gasteiger partial charge on any atom is -0.393 e. The van der Waals surface area contributed by atoms with Crippen molar-refractivity contribution in [3.05, 3.63) is 35.1 Å². The van der Waals surface area contributed by atoms with Crippen LogP contribution in [0.1, 0.15) is 36.8 Å². The molecule has 0 unspecified atom stereocenters. The van der Waals surface area contributed by atoms with Crippen LogP contribution in [0.2, 0.25) is 0 Å². The number of aliphatic hydroxyl groups excluding tert-OH is 1. The highest BCUT2D eigenvalue weighted by atomic mass is 19.1. The Morgan fingerprint density at radius 3 is 2.68 bits per heavy atom. The summed E-state index contributed by atoms with van der Waals surface area (Å²) >= 11 is 0. The van der Waals surface area contributed by atoms with E-state index in [0.717, 1.165) is 18.4 Å². The van der Waals surface area contributed by atoms with E-state index in [1.807, 2.05) is 0 Å². The zero-order valence-electron chi connectivity index (χ0n) is 11.2. The SMILES string of the molecule is Cc1cc(CNC(=O)C2CCC(O)CC2)ccc1F. The molecule has 1 saturated carbocycles. The van der Waals surface area contributed by atoms with Crippen molar-refractivity contribution in [3.8, 4) is 0 Å². The van der Waals surface area contributed by atoms with E-state index in [1.165, 1.54) is 6.07 Å². The van der Waals surface area contributed by atoms with Crippen LogP contribution in [0.5, 0.6) is 0 Å². The molecule has 1 amide bonds. The number of halogens is 1. The summed E-state index contributed by atoms with van der Waals surface area (Å²) in [6.07, 6.45) is 2.65. The second kappa shape index (κ2) is 6.15. The van der Waals surface area contributed by atoms with Crippen molar-refractivity contribution < 1.29 is 14.3 Å². The van der Waals surface area contributed by atoms with Crippen LogP contribution in [0, 0.1) is 18.7 Å². The van der Waals surface area contributed by atoms with Gasteiger partial charge in [-0.15, -0.1) is 0 Å². The van der Waals surface area contributed by atoms with E-state index in [4.69, 9.17) is 0 Å². The normalized spacial score (nSPS) is 23.1. The van der Waals surface area contributed by atoms with Crippen LogP contribution in [-0.2, 0) is 11.3 Å². The quantitative estimate of drug-likeness (QED) is 0.881. The predicted octanol–water partition coefficient (Wildman–Crippen LogP) is 2.30. The van der Waals surface area contributed by atoms with E-state index >= 15 is 0 Å². The third kappa shape index (κ3) is 3.77. The molecular formula is C15H20FNO2. The first-order valence-corrected chi connectivity index (χ1v) is 6.77. The molecule has 0 aliphatic heterocycles. The van der Waals surface area contributed by atoms with Gasteiger partial charge < -0.3 is 10.4 Å². The van der Waals surface area contributed by atoms with Gasteiger partial charge in [-0.2, -0.15) is 0 Å². The summed E-state index contributed by atoms with van der Waals surface area (Å²) in [5.74, 6) is -0.185. The molecule has 2 N–H and O–H groups in total. The molecule has 1 aliphatic carbocycles. The van der Waals surface area contributed by atoms with Gasteiger partial charge in [0.15, 0.2) is 0 Å². The fourth-order valence-corrected chi connectivity index (χ4v) is 2.49. The monoisotopic (exact) mass is 265 g/mol. The molecule has 0 bridgehead atoms. The average molecular weight is 265 g/mol. The van der Waals surface area contributed by atoms with Crippen LogP contribution in [0.4, 0.5) is 4.39 Å². The topological polar surface area (TPSA) is 49.3 Å². The highest BCUT2D eigenvalue weighted by molar-refractivity contribution is 5.78. The summed E-state index contributed by atoms with van der Waals surface area (Å²) in [6, 6.07) is 4.86. The first-order valence-electron chi connectivity index (χ1n) is 6.77. The Kier molecular flexibility index (Phi) is 4.53. The molecule has 0 saturated heterocycles. The first kappa shape index (κ1) is 14.0. The van der Waals surface area contributed by atoms with Crippen molar-refractivity contribution in [3.63, 3.8) is 0 Å². The molecule has 4 heteroatoms. The number of benzene rings is 1. The molecule has 0 spiro atoms. The van der Waals surface area contributed by atoms with Gasteiger partial charge in [-0.1, -0.05) is 12.1 Å². The number of nitrogens with one attached hydrogen (secondary N) is 1. The van der Waals surface area contributed by atoms with Crippen molar-refractivity contribution >= 4 is 5.91 Å². The lowest BCUT2D eigenvalue weighted by molar-refractivity contribution is -0.126. The third-order valence-corrected chi connectivity index (χ3v) is 3.76. The lowest BCUT2D eigenvalue weighted by Crippen LogP contribution is -2.33. The van der Waals surface area contributed by atoms with Gasteiger partial charge >= 0.3 is 0 Å². The number of aryl methyl sites for hydroxylation is 1. The Morgan fingerprint density at radius 2 is 2.05 bits per heavy atom. The third-order valence-electron chi connectivity index (χ3n) is 3.76. The fourth-order valence-electron chi connectivity index (χ4n) is 2.49. The Bertz CT molecular complexity index is 453. The maximum atomic E-state index is 13.1. The van der Waals surface area contributed by atoms with Crippen LogP contribution in [-0.4, -0.2) is 17.1 Å². The number of carbonyl (C=O) groups is 1. The molecule has 2 rings (SSSR count). The van der Waals surface area contributed by atoms with Crippen molar-refractivity contribution in [2.24, 2.45) is 5.92 Å². The van der Waals surface area contributed by atoms with Gasteiger partial charge in [0.05, 0.1) is 6.10 Å². The van der Waals surface area contributed by atoms with Crippen LogP contribution in [0.3, 0.4) is 0 Å². The molecular weight excluding hydrogens is 245 g/mol. The minimum atomic E-state index is -0.246. The van der Waals surface area contributed by atoms with E-state index in [9.17, 15) is 14.3 Å². The summed E-state index contributed by atoms with van der Waals surface area (Å²) in [5, 5.41) is 12.3. The predicted molar refractivity (Wildman–Crippen MR) is 70.9 cm³/mol. The van der Waals surface area contributed by atoms with Gasteiger partial charge in [0.25, 0.3) is 0 Å². The maximum absolute atomic E-state index is 13.1. The zero-order chi connectivity index (χ0) is 13.8. The lowest BCUT2D eigenvalue weighted by Gasteiger charge is -2.24. The maximum Gasteiger partial charge on any atom is 0.223 e. The fraction of sp³-hybridized carbons (Fsp3) is 0.533. The number of hydrogen-bond acceptors (Lipinski definition) is 2. The van der Waals surface area contributed by atoms with Crippen molar-refractivity contribution in [2.45, 2.75) is 45.3 Å². The van der Waals surface area contributed by atoms with E-state index in [1.54, 1.807) is 19.1 Å². The molecule has 19 heavy (non-hydrogen) atoms. The van der Waals surface area contributed by atoms with Gasteiger partial charge in [-0.25, -0.2) is 4.39 Å². The van der Waals surface area contributed by atoms with Gasteiger partial charge in [-0.05, 0) is 49.8 Å². The Labute approximate surface area is 112 Å². The second-order valence-electron chi connectivity index (χ2n) is 5.31. The largest absolute Gasteiger partial charge is 0.393 e. The van der Waals surface area contributed by atoms with E-state index in [-0.39, 0.29) is 23.7 Å². The number of aliphatic hydroxyl groups is 1. The molecule has 0 radical (unpaired) electrons. The molecule has 0 heterocycles. The first-order chi connectivity index (χ1) is 9.06. The van der Waals surface area contributed by atoms with Crippen LogP contribution < -0.4 is 5.32 Å². The lowest BCUT2D eigenvalue weighted by atomic mass is 9.87. The van der Waals surface area contributed by atoms with Gasteiger partial charge in [-0.3, -0.25) is 4.79 Å². The molecule has 104 valence electrons. The van der Waals surface area contributed by atoms with Crippen molar-refractivity contribution in [1.82, 2.24) is 5.32 Å². The summed E-state index contributed by atoms with van der Waals surface area (Å²) in [5.41, 5.74) is 1.50. The Hall–Kier alpha value is -1.42. The highest BCUT2D eigenvalue weighted by Gasteiger charge is 2.24. The summed E-state index contributed by atoms with van der Waals surface area (Å²) in [4.78, 5) is 12.0. The molecule has 1 aromatic carbocycles. The van der Waals surface area contributed by atoms with Crippen molar-refractivity contribution in [2.75, 3.05) is 0 Å². The summed E-state index contributed by atoms with van der Waals surface area (Å²) in [6.45, 7) is 2.14. The van der Waals surface area contributed by atoms with Gasteiger partial charge in [0.2, 0.25) is 5.91 Å². The number of carbonyl (C=O) groups excluding carboxylic acids is 1. The van der Waals surface area contributed by atoms with Crippen LogP contribution in [0.25, 0.3) is 0 Å². The minimum absolute atomic E-state index is 0.00458. The van der Waals surface area contributed by atoms with Gasteiger partial charge in [0, 0.05) is 12.5 Å². The molecule has 0 atom stereocenters. The molecule has 1 fully saturated rings. The Morgan fingerprint density at radius 1 is 1.37 bits per heavy atom. The van der Waals surface area contributed by atoms with E-state index < -0.39 is 0 Å². The highest BCUT2D eigenvalue weighted by Crippen LogP contribution is 2.24. The van der Waals surface area contributed by atoms with Crippen LogP contribution >= 0.6 is 0 Å². The standard InChI is InChI=1S/C15H20FNO2/c1-10-8-11(2-7-14(10)16)9-17-15(19)12-3-5-13(18)6-4-12/h2,7-8,12-13,18H,3-6,9H2,1H3,(H,17,19). The molecule has 0 aromatic heterocycles. The number of rotatable bonds is 3. The van der Waals surface area contributed by atoms with E-state index in [0.29, 0.717) is 24.9 Å². The Balaban J connectivity index is 1.84. The summed E-state index contributed by atoms with van der Waals surface area (Å²) < 4.78 is 13.1. The van der Waals surface area contributed by atoms with Crippen LogP contribution in [0.15, 0.2) is 18.2 Å². The molecule has 3 nitrogen and oxygen atoms in total.